The number of ether oxygens (including phenoxy) is 1. The zero-order valence-corrected chi connectivity index (χ0v) is 20.6. The van der Waals surface area contributed by atoms with E-state index in [0.717, 1.165) is 43.5 Å². The van der Waals surface area contributed by atoms with Gasteiger partial charge < -0.3 is 9.30 Å². The Morgan fingerprint density at radius 3 is 2.85 bits per heavy atom. The maximum Gasteiger partial charge on any atom is 0.302 e. The van der Waals surface area contributed by atoms with Gasteiger partial charge in [-0.25, -0.2) is 4.98 Å². The van der Waals surface area contributed by atoms with Crippen molar-refractivity contribution in [2.45, 2.75) is 85.2 Å². The SMILES string of the molecule is CC(=O)OC1CCC2(C)C(=CCC3C(C)CC(C)=C(n4cnc5ccccc54)CCCC32)C1. The maximum absolute atomic E-state index is 11.5. The summed E-state index contributed by atoms with van der Waals surface area (Å²) < 4.78 is 7.97. The quantitative estimate of drug-likeness (QED) is 0.363. The number of esters is 1. The van der Waals surface area contributed by atoms with Crippen LogP contribution in [0.3, 0.4) is 0 Å². The van der Waals surface area contributed by atoms with E-state index in [9.17, 15) is 4.79 Å². The van der Waals surface area contributed by atoms with Crippen molar-refractivity contribution in [2.24, 2.45) is 23.2 Å². The summed E-state index contributed by atoms with van der Waals surface area (Å²) >= 11 is 0. The first-order chi connectivity index (χ1) is 15.9. The van der Waals surface area contributed by atoms with Gasteiger partial charge >= 0.3 is 5.97 Å². The second kappa shape index (κ2) is 8.77. The Bertz CT molecular complexity index is 1110. The molecular formula is C29H38N2O2. The van der Waals surface area contributed by atoms with E-state index in [0.29, 0.717) is 11.8 Å². The highest BCUT2D eigenvalue weighted by molar-refractivity contribution is 5.79. The van der Waals surface area contributed by atoms with E-state index in [1.165, 1.54) is 43.0 Å². The van der Waals surface area contributed by atoms with Crippen LogP contribution in [0.25, 0.3) is 16.7 Å². The van der Waals surface area contributed by atoms with Crippen molar-refractivity contribution in [3.05, 3.63) is 47.8 Å². The van der Waals surface area contributed by atoms with E-state index in [1.807, 2.05) is 6.33 Å². The van der Waals surface area contributed by atoms with Crippen LogP contribution in [-0.2, 0) is 9.53 Å². The van der Waals surface area contributed by atoms with Crippen LogP contribution in [0.4, 0.5) is 0 Å². The number of allylic oxidation sites excluding steroid dienone is 3. The van der Waals surface area contributed by atoms with Crippen LogP contribution < -0.4 is 0 Å². The normalized spacial score (nSPS) is 32.8. The second-order valence-corrected chi connectivity index (χ2v) is 11.0. The molecule has 0 N–H and O–H groups in total. The average molecular weight is 447 g/mol. The van der Waals surface area contributed by atoms with Crippen molar-refractivity contribution < 1.29 is 9.53 Å². The third-order valence-electron chi connectivity index (χ3n) is 9.00. The summed E-state index contributed by atoms with van der Waals surface area (Å²) in [6, 6.07) is 8.48. The largest absolute Gasteiger partial charge is 0.462 e. The highest BCUT2D eigenvalue weighted by atomic mass is 16.5. The predicted octanol–water partition coefficient (Wildman–Crippen LogP) is 7.16. The highest BCUT2D eigenvalue weighted by Crippen LogP contribution is 2.57. The minimum absolute atomic E-state index is 0.0668. The fraction of sp³-hybridized carbons (Fsp3) is 0.586. The Labute approximate surface area is 198 Å². The second-order valence-electron chi connectivity index (χ2n) is 11.0. The van der Waals surface area contributed by atoms with Gasteiger partial charge in [0.05, 0.1) is 11.0 Å². The van der Waals surface area contributed by atoms with Crippen molar-refractivity contribution in [3.63, 3.8) is 0 Å². The fourth-order valence-corrected chi connectivity index (χ4v) is 7.31. The van der Waals surface area contributed by atoms with Crippen molar-refractivity contribution in [1.82, 2.24) is 9.55 Å². The molecule has 1 saturated carbocycles. The smallest absolute Gasteiger partial charge is 0.302 e. The Morgan fingerprint density at radius 2 is 2.03 bits per heavy atom. The van der Waals surface area contributed by atoms with Gasteiger partial charge in [-0.05, 0) is 87.2 Å². The molecule has 176 valence electrons. The molecule has 0 amide bonds. The minimum atomic E-state index is -0.143. The number of aromatic nitrogens is 2. The number of rotatable bonds is 2. The molecule has 0 saturated heterocycles. The molecule has 5 unspecified atom stereocenters. The maximum atomic E-state index is 11.5. The zero-order chi connectivity index (χ0) is 23.2. The molecule has 4 nitrogen and oxygen atoms in total. The van der Waals surface area contributed by atoms with Gasteiger partial charge in [0.2, 0.25) is 0 Å². The van der Waals surface area contributed by atoms with E-state index >= 15 is 0 Å². The number of hydrogen-bond acceptors (Lipinski definition) is 3. The standard InChI is InChI=1S/C29H38N2O2/c1-19-16-20(2)27(31-18-30-26-9-5-6-10-28(26)31)11-7-8-25-24(19)13-12-22-17-23(33-21(3)32)14-15-29(22,25)4/h5-6,9-10,12,18-19,23-25H,7-8,11,13-17H2,1-4H3. The average Bonchev–Trinajstić information content (AvgIpc) is 3.21. The molecule has 2 aromatic rings. The van der Waals surface area contributed by atoms with Crippen LogP contribution in [-0.4, -0.2) is 21.6 Å². The van der Waals surface area contributed by atoms with E-state index < -0.39 is 0 Å². The van der Waals surface area contributed by atoms with Crippen molar-refractivity contribution in [1.29, 1.82) is 0 Å². The van der Waals surface area contributed by atoms with Crippen LogP contribution >= 0.6 is 0 Å². The third-order valence-corrected chi connectivity index (χ3v) is 9.00. The van der Waals surface area contributed by atoms with Crippen LogP contribution in [0.1, 0.15) is 79.1 Å². The monoisotopic (exact) mass is 446 g/mol. The van der Waals surface area contributed by atoms with Gasteiger partial charge in [-0.15, -0.1) is 0 Å². The summed E-state index contributed by atoms with van der Waals surface area (Å²) in [5.41, 5.74) is 7.06. The lowest BCUT2D eigenvalue weighted by molar-refractivity contribution is -0.148. The van der Waals surface area contributed by atoms with Crippen molar-refractivity contribution in [2.75, 3.05) is 0 Å². The van der Waals surface area contributed by atoms with E-state index in [1.54, 1.807) is 5.57 Å². The topological polar surface area (TPSA) is 44.1 Å². The first kappa shape index (κ1) is 22.4. The zero-order valence-electron chi connectivity index (χ0n) is 20.6. The van der Waals surface area contributed by atoms with Gasteiger partial charge in [0, 0.05) is 19.0 Å². The molecule has 5 rings (SSSR count). The molecule has 0 spiro atoms. The van der Waals surface area contributed by atoms with Crippen LogP contribution in [0.2, 0.25) is 0 Å². The first-order valence-electron chi connectivity index (χ1n) is 12.8. The van der Waals surface area contributed by atoms with Crippen molar-refractivity contribution in [3.8, 4) is 0 Å². The van der Waals surface area contributed by atoms with E-state index in [-0.39, 0.29) is 17.5 Å². The van der Waals surface area contributed by atoms with Crippen LogP contribution in [0, 0.1) is 23.2 Å². The molecule has 33 heavy (non-hydrogen) atoms. The molecule has 0 aliphatic heterocycles. The number of nitrogens with zero attached hydrogens (tertiary/aromatic N) is 2. The number of para-hydroxylation sites is 2. The molecular weight excluding hydrogens is 408 g/mol. The van der Waals surface area contributed by atoms with Gasteiger partial charge in [-0.1, -0.05) is 43.2 Å². The fourth-order valence-electron chi connectivity index (χ4n) is 7.31. The Balaban J connectivity index is 1.42. The van der Waals surface area contributed by atoms with Gasteiger partial charge in [0.25, 0.3) is 0 Å². The summed E-state index contributed by atoms with van der Waals surface area (Å²) in [5.74, 6) is 1.93. The lowest BCUT2D eigenvalue weighted by Gasteiger charge is -2.52. The number of hydrogen-bond donors (Lipinski definition) is 0. The molecule has 1 fully saturated rings. The molecule has 3 aliphatic rings. The number of benzene rings is 1. The Morgan fingerprint density at radius 1 is 1.21 bits per heavy atom. The molecule has 1 aromatic heterocycles. The van der Waals surface area contributed by atoms with E-state index in [4.69, 9.17) is 4.74 Å². The molecule has 4 heteroatoms. The number of imidazole rings is 1. The molecule has 0 radical (unpaired) electrons. The highest BCUT2D eigenvalue weighted by Gasteiger charge is 2.48. The minimum Gasteiger partial charge on any atom is -0.462 e. The first-order valence-corrected chi connectivity index (χ1v) is 12.8. The third kappa shape index (κ3) is 4.06. The van der Waals surface area contributed by atoms with Crippen LogP contribution in [0.15, 0.2) is 47.8 Å². The molecule has 3 aliphatic carbocycles. The van der Waals surface area contributed by atoms with E-state index in [2.05, 4.69) is 60.7 Å². The lowest BCUT2D eigenvalue weighted by atomic mass is 9.53. The molecule has 0 bridgehead atoms. The predicted molar refractivity (Wildman–Crippen MR) is 133 cm³/mol. The molecule has 1 heterocycles. The summed E-state index contributed by atoms with van der Waals surface area (Å²) in [5, 5.41) is 0. The summed E-state index contributed by atoms with van der Waals surface area (Å²) in [6.07, 6.45) is 13.6. The van der Waals surface area contributed by atoms with Gasteiger partial charge in [-0.2, -0.15) is 0 Å². The lowest BCUT2D eigenvalue weighted by Crippen LogP contribution is -2.44. The summed E-state index contributed by atoms with van der Waals surface area (Å²) in [4.78, 5) is 16.2. The molecule has 5 atom stereocenters. The van der Waals surface area contributed by atoms with Crippen LogP contribution in [0.5, 0.6) is 0 Å². The van der Waals surface area contributed by atoms with Gasteiger partial charge in [-0.3, -0.25) is 4.79 Å². The number of fused-ring (bicyclic) bond motifs is 4. The Kier molecular flexibility index (Phi) is 5.96. The number of carbonyl (C=O) groups excluding carboxylic acids is 1. The summed E-state index contributed by atoms with van der Waals surface area (Å²) in [6.45, 7) is 8.87. The Hall–Kier alpha value is -2.36. The van der Waals surface area contributed by atoms with Crippen molar-refractivity contribution >= 4 is 22.7 Å². The summed E-state index contributed by atoms with van der Waals surface area (Å²) in [7, 11) is 0. The number of carbonyl (C=O) groups is 1. The molecule has 1 aromatic carbocycles. The van der Waals surface area contributed by atoms with Gasteiger partial charge in [0.15, 0.2) is 0 Å². The van der Waals surface area contributed by atoms with Gasteiger partial charge in [0.1, 0.15) is 12.4 Å².